The summed E-state index contributed by atoms with van der Waals surface area (Å²) in [4.78, 5) is 42.4. The number of hydrogen-bond donors (Lipinski definition) is 2. The van der Waals surface area contributed by atoms with Crippen molar-refractivity contribution >= 4 is 17.8 Å². The molecule has 0 aromatic carbocycles. The van der Waals surface area contributed by atoms with E-state index < -0.39 is 0 Å². The number of piperazine rings is 1. The molecule has 29 heavy (non-hydrogen) atoms. The summed E-state index contributed by atoms with van der Waals surface area (Å²) < 4.78 is 0. The van der Waals surface area contributed by atoms with Crippen molar-refractivity contribution in [1.82, 2.24) is 25.3 Å². The molecule has 1 aliphatic heterocycles. The minimum absolute atomic E-state index is 0.115. The highest BCUT2D eigenvalue weighted by Gasteiger charge is 2.23. The SMILES string of the molecule is CCN(CC)C(=O)CN1CCN(C(=O)CCCNC(=O)NC2CCCCC2)CC1. The molecular weight excluding hydrogens is 370 g/mol. The van der Waals surface area contributed by atoms with Crippen LogP contribution in [0, 0.1) is 0 Å². The van der Waals surface area contributed by atoms with Crippen LogP contribution in [0.15, 0.2) is 0 Å². The van der Waals surface area contributed by atoms with Gasteiger partial charge in [0.15, 0.2) is 0 Å². The predicted octanol–water partition coefficient (Wildman–Crippen LogP) is 1.41. The Labute approximate surface area is 175 Å². The molecule has 1 aliphatic carbocycles. The fourth-order valence-corrected chi connectivity index (χ4v) is 4.11. The van der Waals surface area contributed by atoms with Crippen molar-refractivity contribution in [2.75, 3.05) is 52.4 Å². The van der Waals surface area contributed by atoms with E-state index in [0.29, 0.717) is 45.1 Å². The van der Waals surface area contributed by atoms with Crippen LogP contribution in [0.2, 0.25) is 0 Å². The van der Waals surface area contributed by atoms with Gasteiger partial charge in [0.05, 0.1) is 6.54 Å². The third-order valence-corrected chi connectivity index (χ3v) is 5.99. The molecule has 0 aromatic heterocycles. The lowest BCUT2D eigenvalue weighted by Gasteiger charge is -2.35. The van der Waals surface area contributed by atoms with Crippen LogP contribution in [0.25, 0.3) is 0 Å². The summed E-state index contributed by atoms with van der Waals surface area (Å²) in [6.45, 7) is 9.22. The van der Waals surface area contributed by atoms with Crippen LogP contribution in [0.5, 0.6) is 0 Å². The van der Waals surface area contributed by atoms with E-state index in [1.165, 1.54) is 19.3 Å². The first kappa shape index (κ1) is 23.4. The minimum atomic E-state index is -0.115. The maximum Gasteiger partial charge on any atom is 0.315 e. The molecule has 8 heteroatoms. The minimum Gasteiger partial charge on any atom is -0.342 e. The Morgan fingerprint density at radius 2 is 1.62 bits per heavy atom. The highest BCUT2D eigenvalue weighted by molar-refractivity contribution is 5.78. The maximum absolute atomic E-state index is 12.4. The van der Waals surface area contributed by atoms with Gasteiger partial charge in [-0.1, -0.05) is 19.3 Å². The standard InChI is InChI=1S/C21H39N5O3/c1-3-25(4-2)20(28)17-24-13-15-26(16-14-24)19(27)11-8-12-22-21(29)23-18-9-6-5-7-10-18/h18H,3-17H2,1-2H3,(H2,22,23,29). The molecular formula is C21H39N5O3. The number of likely N-dealkylation sites (N-methyl/N-ethyl adjacent to an activating group) is 1. The van der Waals surface area contributed by atoms with Gasteiger partial charge in [-0.05, 0) is 33.1 Å². The van der Waals surface area contributed by atoms with Crippen LogP contribution < -0.4 is 10.6 Å². The second-order valence-corrected chi connectivity index (χ2v) is 8.06. The molecule has 1 heterocycles. The van der Waals surface area contributed by atoms with Gasteiger partial charge in [-0.25, -0.2) is 4.79 Å². The monoisotopic (exact) mass is 409 g/mol. The molecule has 1 saturated carbocycles. The Balaban J connectivity index is 1.56. The smallest absolute Gasteiger partial charge is 0.315 e. The number of carbonyl (C=O) groups excluding carboxylic acids is 3. The summed E-state index contributed by atoms with van der Waals surface area (Å²) in [5, 5.41) is 5.89. The molecule has 2 rings (SSSR count). The zero-order valence-corrected chi connectivity index (χ0v) is 18.3. The fourth-order valence-electron chi connectivity index (χ4n) is 4.11. The van der Waals surface area contributed by atoms with Gasteiger partial charge in [0.2, 0.25) is 11.8 Å². The Bertz CT molecular complexity index is 524. The molecule has 4 amide bonds. The van der Waals surface area contributed by atoms with Crippen molar-refractivity contribution < 1.29 is 14.4 Å². The first-order chi connectivity index (χ1) is 14.0. The van der Waals surface area contributed by atoms with Gasteiger partial charge in [0.25, 0.3) is 0 Å². The number of nitrogens with zero attached hydrogens (tertiary/aromatic N) is 3. The van der Waals surface area contributed by atoms with E-state index in [2.05, 4.69) is 15.5 Å². The Kier molecular flexibility index (Phi) is 10.2. The normalized spacial score (nSPS) is 18.3. The molecule has 0 radical (unpaired) electrons. The predicted molar refractivity (Wildman–Crippen MR) is 114 cm³/mol. The maximum atomic E-state index is 12.4. The van der Waals surface area contributed by atoms with E-state index in [1.807, 2.05) is 23.6 Å². The zero-order valence-electron chi connectivity index (χ0n) is 18.3. The van der Waals surface area contributed by atoms with Gasteiger partial charge in [-0.15, -0.1) is 0 Å². The second kappa shape index (κ2) is 12.7. The summed E-state index contributed by atoms with van der Waals surface area (Å²) in [5.74, 6) is 0.293. The summed E-state index contributed by atoms with van der Waals surface area (Å²) in [7, 11) is 0. The van der Waals surface area contributed by atoms with Crippen molar-refractivity contribution in [2.45, 2.75) is 64.8 Å². The van der Waals surface area contributed by atoms with Crippen LogP contribution in [0.3, 0.4) is 0 Å². The number of carbonyl (C=O) groups is 3. The van der Waals surface area contributed by atoms with E-state index in [1.54, 1.807) is 0 Å². The second-order valence-electron chi connectivity index (χ2n) is 8.06. The first-order valence-corrected chi connectivity index (χ1v) is 11.4. The summed E-state index contributed by atoms with van der Waals surface area (Å²) in [6.07, 6.45) is 6.88. The molecule has 0 aromatic rings. The molecule has 2 fully saturated rings. The Hall–Kier alpha value is -1.83. The molecule has 0 bridgehead atoms. The molecule has 0 spiro atoms. The van der Waals surface area contributed by atoms with Gasteiger partial charge in [0.1, 0.15) is 0 Å². The van der Waals surface area contributed by atoms with Gasteiger partial charge in [-0.2, -0.15) is 0 Å². The highest BCUT2D eigenvalue weighted by Crippen LogP contribution is 2.17. The van der Waals surface area contributed by atoms with Crippen molar-refractivity contribution in [3.63, 3.8) is 0 Å². The third-order valence-electron chi connectivity index (χ3n) is 5.99. The van der Waals surface area contributed by atoms with Crippen LogP contribution in [-0.2, 0) is 9.59 Å². The van der Waals surface area contributed by atoms with E-state index in [-0.39, 0.29) is 17.8 Å². The molecule has 0 atom stereocenters. The van der Waals surface area contributed by atoms with Crippen molar-refractivity contribution in [3.8, 4) is 0 Å². The summed E-state index contributed by atoms with van der Waals surface area (Å²) >= 11 is 0. The number of hydrogen-bond acceptors (Lipinski definition) is 4. The number of urea groups is 1. The molecule has 1 saturated heterocycles. The summed E-state index contributed by atoms with van der Waals surface area (Å²) in [5.41, 5.74) is 0. The quantitative estimate of drug-likeness (QED) is 0.564. The average Bonchev–Trinajstić information content (AvgIpc) is 2.73. The van der Waals surface area contributed by atoms with Crippen LogP contribution in [0.1, 0.15) is 58.8 Å². The lowest BCUT2D eigenvalue weighted by Crippen LogP contribution is -2.51. The van der Waals surface area contributed by atoms with Gasteiger partial charge in [-0.3, -0.25) is 14.5 Å². The van der Waals surface area contributed by atoms with E-state index in [9.17, 15) is 14.4 Å². The topological polar surface area (TPSA) is 85.0 Å². The number of nitrogens with one attached hydrogen (secondary N) is 2. The highest BCUT2D eigenvalue weighted by atomic mass is 16.2. The van der Waals surface area contributed by atoms with Gasteiger partial charge < -0.3 is 20.4 Å². The molecule has 0 unspecified atom stereocenters. The van der Waals surface area contributed by atoms with Crippen molar-refractivity contribution in [2.24, 2.45) is 0 Å². The largest absolute Gasteiger partial charge is 0.342 e. The molecule has 8 nitrogen and oxygen atoms in total. The average molecular weight is 410 g/mol. The Morgan fingerprint density at radius 1 is 0.966 bits per heavy atom. The Morgan fingerprint density at radius 3 is 2.24 bits per heavy atom. The molecule has 166 valence electrons. The van der Waals surface area contributed by atoms with E-state index >= 15 is 0 Å². The van der Waals surface area contributed by atoms with E-state index in [0.717, 1.165) is 39.0 Å². The van der Waals surface area contributed by atoms with Crippen LogP contribution >= 0.6 is 0 Å². The summed E-state index contributed by atoms with van der Waals surface area (Å²) in [6, 6.07) is 0.186. The lowest BCUT2D eigenvalue weighted by molar-refractivity contribution is -0.135. The zero-order chi connectivity index (χ0) is 21.1. The first-order valence-electron chi connectivity index (χ1n) is 11.4. The third kappa shape index (κ3) is 8.20. The van der Waals surface area contributed by atoms with Gasteiger partial charge in [0, 0.05) is 58.3 Å². The number of amides is 4. The lowest BCUT2D eigenvalue weighted by atomic mass is 9.96. The van der Waals surface area contributed by atoms with Crippen LogP contribution in [0.4, 0.5) is 4.79 Å². The molecule has 2 N–H and O–H groups in total. The van der Waals surface area contributed by atoms with Crippen LogP contribution in [-0.4, -0.2) is 90.9 Å². The molecule has 2 aliphatic rings. The van der Waals surface area contributed by atoms with E-state index in [4.69, 9.17) is 0 Å². The van der Waals surface area contributed by atoms with Crippen molar-refractivity contribution in [1.29, 1.82) is 0 Å². The van der Waals surface area contributed by atoms with Gasteiger partial charge >= 0.3 is 6.03 Å². The number of rotatable bonds is 9. The van der Waals surface area contributed by atoms with Crippen molar-refractivity contribution in [3.05, 3.63) is 0 Å². The fraction of sp³-hybridized carbons (Fsp3) is 0.857.